The number of likely N-dealkylation sites (N-methyl/N-ethyl adjacent to an activating group) is 1. The van der Waals surface area contributed by atoms with Crippen molar-refractivity contribution in [2.75, 3.05) is 19.0 Å². The standard InChI is InChI=1S/C37H43N2S/c1-36(2)29-17-8-10-19-31(29)38(5)33(36)23-21-27-15-14-16-28(35(27)40-25-12-7-13-26-40)22-24-34-37(3,4)30-18-9-11-20-32(30)39(34)6/h7-13,17-21,23,25-26H,14-16,22,24H2,1-6H3/q+1. The molecule has 1 aliphatic carbocycles. The van der Waals surface area contributed by atoms with Crippen LogP contribution in [-0.4, -0.2) is 29.8 Å². The van der Waals surface area contributed by atoms with Crippen molar-refractivity contribution >= 4 is 32.9 Å². The maximum absolute atomic E-state index is 2.47. The van der Waals surface area contributed by atoms with E-state index < -0.39 is 0 Å². The highest BCUT2D eigenvalue weighted by Crippen LogP contribution is 2.48. The Hall–Kier alpha value is -3.17. The quantitative estimate of drug-likeness (QED) is 0.267. The van der Waals surface area contributed by atoms with Crippen LogP contribution < -0.4 is 4.90 Å². The first-order valence-electron chi connectivity index (χ1n) is 14.8. The van der Waals surface area contributed by atoms with Crippen LogP contribution in [0.4, 0.5) is 11.4 Å². The molecule has 0 radical (unpaired) electrons. The van der Waals surface area contributed by atoms with Gasteiger partial charge in [0.1, 0.15) is 7.05 Å². The van der Waals surface area contributed by atoms with Crippen LogP contribution in [0.15, 0.2) is 106 Å². The van der Waals surface area contributed by atoms with E-state index in [2.05, 4.69) is 141 Å². The van der Waals surface area contributed by atoms with Crippen molar-refractivity contribution in [3.05, 3.63) is 117 Å². The van der Waals surface area contributed by atoms with Gasteiger partial charge in [0, 0.05) is 46.8 Å². The number of anilines is 1. The summed E-state index contributed by atoms with van der Waals surface area (Å²) in [6.45, 7) is 9.53. The molecule has 2 nitrogen and oxygen atoms in total. The van der Waals surface area contributed by atoms with E-state index in [-0.39, 0.29) is 21.3 Å². The van der Waals surface area contributed by atoms with Gasteiger partial charge in [0.05, 0.1) is 5.41 Å². The smallest absolute Gasteiger partial charge is 0.209 e. The molecule has 0 spiro atoms. The highest BCUT2D eigenvalue weighted by atomic mass is 32.2. The number of rotatable bonds is 5. The second-order valence-corrected chi connectivity index (χ2v) is 14.3. The summed E-state index contributed by atoms with van der Waals surface area (Å²) in [6.07, 6.45) is 17.4. The van der Waals surface area contributed by atoms with Crippen molar-refractivity contribution in [2.45, 2.75) is 70.6 Å². The fourth-order valence-electron chi connectivity index (χ4n) is 7.41. The van der Waals surface area contributed by atoms with E-state index in [9.17, 15) is 0 Å². The van der Waals surface area contributed by atoms with Gasteiger partial charge < -0.3 is 4.90 Å². The number of benzene rings is 2. The van der Waals surface area contributed by atoms with Crippen LogP contribution in [0, 0.1) is 0 Å². The molecule has 0 N–H and O–H groups in total. The third-order valence-corrected chi connectivity index (χ3v) is 11.5. The van der Waals surface area contributed by atoms with E-state index in [0.717, 1.165) is 19.3 Å². The number of allylic oxidation sites excluding steroid dienone is 8. The zero-order chi connectivity index (χ0) is 28.1. The van der Waals surface area contributed by atoms with Gasteiger partial charge in [-0.3, -0.25) is 0 Å². The van der Waals surface area contributed by atoms with Crippen molar-refractivity contribution in [3.63, 3.8) is 0 Å². The van der Waals surface area contributed by atoms with Gasteiger partial charge >= 0.3 is 0 Å². The Bertz CT molecular complexity index is 1590. The Kier molecular flexibility index (Phi) is 6.99. The Morgan fingerprint density at radius 3 is 2.33 bits per heavy atom. The molecule has 0 saturated heterocycles. The fourth-order valence-corrected chi connectivity index (χ4v) is 9.31. The summed E-state index contributed by atoms with van der Waals surface area (Å²) in [5.41, 5.74) is 11.7. The topological polar surface area (TPSA) is 6.25 Å². The highest BCUT2D eigenvalue weighted by Gasteiger charge is 2.43. The molecular weight excluding hydrogens is 504 g/mol. The third-order valence-electron chi connectivity index (χ3n) is 9.56. The largest absolute Gasteiger partial charge is 0.347 e. The summed E-state index contributed by atoms with van der Waals surface area (Å²) in [5, 5.41) is 4.83. The molecule has 1 atom stereocenters. The van der Waals surface area contributed by atoms with Crippen molar-refractivity contribution in [1.29, 1.82) is 0 Å². The van der Waals surface area contributed by atoms with Gasteiger partial charge in [0.2, 0.25) is 5.69 Å². The summed E-state index contributed by atoms with van der Waals surface area (Å²) in [7, 11) is 4.51. The lowest BCUT2D eigenvalue weighted by molar-refractivity contribution is -0.404. The molecule has 3 heterocycles. The van der Waals surface area contributed by atoms with Crippen LogP contribution in [0.3, 0.4) is 0 Å². The number of fused-ring (bicyclic) bond motifs is 2. The molecule has 0 saturated carbocycles. The van der Waals surface area contributed by atoms with Gasteiger partial charge in [-0.1, -0.05) is 80.1 Å². The van der Waals surface area contributed by atoms with Crippen LogP contribution in [0.25, 0.3) is 0 Å². The first-order valence-corrected chi connectivity index (χ1v) is 16.1. The Balaban J connectivity index is 1.37. The maximum Gasteiger partial charge on any atom is 0.209 e. The lowest BCUT2D eigenvalue weighted by atomic mass is 9.79. The summed E-state index contributed by atoms with van der Waals surface area (Å²) in [5.74, 6) is 0. The molecule has 0 aromatic heterocycles. The first kappa shape index (κ1) is 27.0. The van der Waals surface area contributed by atoms with Crippen LogP contribution >= 0.6 is 10.5 Å². The molecule has 1 unspecified atom stereocenters. The van der Waals surface area contributed by atoms with E-state index >= 15 is 0 Å². The lowest BCUT2D eigenvalue weighted by Crippen LogP contribution is -2.28. The van der Waals surface area contributed by atoms with Crippen molar-refractivity contribution in [3.8, 4) is 0 Å². The van der Waals surface area contributed by atoms with E-state index in [0.29, 0.717) is 0 Å². The van der Waals surface area contributed by atoms with Crippen LogP contribution in [0.2, 0.25) is 0 Å². The number of hydrogen-bond donors (Lipinski definition) is 0. The normalized spacial score (nSPS) is 24.6. The molecule has 0 bridgehead atoms. The summed E-state index contributed by atoms with van der Waals surface area (Å²) in [6, 6.07) is 17.8. The Morgan fingerprint density at radius 2 is 1.60 bits per heavy atom. The first-order chi connectivity index (χ1) is 19.2. The number of para-hydroxylation sites is 2. The zero-order valence-corrected chi connectivity index (χ0v) is 25.8. The molecular formula is C37H43N2S+. The van der Waals surface area contributed by atoms with Gasteiger partial charge in [-0.2, -0.15) is 0 Å². The minimum absolute atomic E-state index is 0.00401. The van der Waals surface area contributed by atoms with E-state index in [4.69, 9.17) is 0 Å². The monoisotopic (exact) mass is 547 g/mol. The van der Waals surface area contributed by atoms with Crippen LogP contribution in [0.5, 0.6) is 0 Å². The fraction of sp³-hybridized carbons (Fsp3) is 0.351. The molecule has 3 heteroatoms. The molecule has 206 valence electrons. The summed E-state index contributed by atoms with van der Waals surface area (Å²) < 4.78 is 2.47. The lowest BCUT2D eigenvalue weighted by Gasteiger charge is -2.27. The molecule has 4 aliphatic rings. The van der Waals surface area contributed by atoms with Gasteiger partial charge in [-0.05, 0) is 73.6 Å². The number of hydrogen-bond acceptors (Lipinski definition) is 1. The van der Waals surface area contributed by atoms with Gasteiger partial charge in [0.25, 0.3) is 0 Å². The van der Waals surface area contributed by atoms with Crippen molar-refractivity contribution in [2.24, 2.45) is 0 Å². The van der Waals surface area contributed by atoms with Crippen molar-refractivity contribution in [1.82, 2.24) is 0 Å². The highest BCUT2D eigenvalue weighted by molar-refractivity contribution is 8.21. The van der Waals surface area contributed by atoms with E-state index in [1.165, 1.54) is 52.3 Å². The predicted molar refractivity (Wildman–Crippen MR) is 176 cm³/mol. The minimum atomic E-state index is -0.00401. The average Bonchev–Trinajstić information content (AvgIpc) is 3.28. The molecule has 0 amide bonds. The van der Waals surface area contributed by atoms with E-state index in [1.54, 1.807) is 10.5 Å². The molecule has 0 fully saturated rings. The van der Waals surface area contributed by atoms with E-state index in [1.807, 2.05) is 0 Å². The molecule has 3 aliphatic heterocycles. The molecule has 2 aromatic carbocycles. The zero-order valence-electron chi connectivity index (χ0n) is 25.0. The Labute approximate surface area is 243 Å². The summed E-state index contributed by atoms with van der Waals surface area (Å²) in [4.78, 5) is 3.99. The van der Waals surface area contributed by atoms with Crippen LogP contribution in [0.1, 0.15) is 70.9 Å². The SMILES string of the molecule is CN1C(=CC=C2CCCC(CCC3=[N+](C)c4ccccc4C3(C)C)=C2S2=CC=CC=C2)C(C)(C)c2ccccc21. The third kappa shape index (κ3) is 4.43. The van der Waals surface area contributed by atoms with Crippen LogP contribution in [-0.2, 0) is 10.8 Å². The Morgan fingerprint density at radius 1 is 0.850 bits per heavy atom. The molecule has 6 rings (SSSR count). The predicted octanol–water partition coefficient (Wildman–Crippen LogP) is 9.30. The molecule has 40 heavy (non-hydrogen) atoms. The van der Waals surface area contributed by atoms with Crippen molar-refractivity contribution < 1.29 is 4.58 Å². The second kappa shape index (κ2) is 10.3. The van der Waals surface area contributed by atoms with Gasteiger partial charge in [-0.25, -0.2) is 4.58 Å². The number of nitrogens with zero attached hydrogens (tertiary/aromatic N) is 2. The second-order valence-electron chi connectivity index (χ2n) is 12.6. The summed E-state index contributed by atoms with van der Waals surface area (Å²) >= 11 is 0. The molecule has 2 aromatic rings. The maximum atomic E-state index is 2.47. The van der Waals surface area contributed by atoms with Gasteiger partial charge in [0.15, 0.2) is 5.71 Å². The van der Waals surface area contributed by atoms with Gasteiger partial charge in [-0.15, -0.1) is 10.5 Å². The average molecular weight is 548 g/mol. The minimum Gasteiger partial charge on any atom is -0.347 e.